The SMILES string of the molecule is CN(C)C(=O)C(Cc1ccc(C(=N)N)cc1)C(=O)N[C@H](C(=O)N[C@@H](CCCN=C(N)N)C(=O)O)C1CCCCC1.O=C(O)C(F)(F)F. The second kappa shape index (κ2) is 18.9. The largest absolute Gasteiger partial charge is 0.490 e. The molecule has 1 fully saturated rings. The summed E-state index contributed by atoms with van der Waals surface area (Å²) in [5, 5.41) is 29.7. The van der Waals surface area contributed by atoms with Gasteiger partial charge in [0.25, 0.3) is 0 Å². The number of rotatable bonds is 14. The number of aliphatic carboxylic acids is 2. The van der Waals surface area contributed by atoms with Gasteiger partial charge in [-0.3, -0.25) is 24.8 Å². The van der Waals surface area contributed by atoms with Crippen molar-refractivity contribution in [2.45, 2.75) is 69.6 Å². The fourth-order valence-electron chi connectivity index (χ4n) is 4.80. The van der Waals surface area contributed by atoms with Crippen molar-refractivity contribution in [3.8, 4) is 0 Å². The molecule has 47 heavy (non-hydrogen) atoms. The van der Waals surface area contributed by atoms with Crippen LogP contribution in [0.15, 0.2) is 29.3 Å². The maximum atomic E-state index is 13.6. The fraction of sp³-hybridized carbons (Fsp3) is 0.552. The Kier molecular flexibility index (Phi) is 16.2. The Morgan fingerprint density at radius 1 is 0.979 bits per heavy atom. The van der Waals surface area contributed by atoms with E-state index in [-0.39, 0.29) is 37.1 Å². The van der Waals surface area contributed by atoms with Crippen molar-refractivity contribution in [2.24, 2.45) is 34.0 Å². The Hall–Kier alpha value is -4.90. The topological polar surface area (TPSA) is 267 Å². The van der Waals surface area contributed by atoms with Crippen LogP contribution in [0.25, 0.3) is 0 Å². The summed E-state index contributed by atoms with van der Waals surface area (Å²) in [7, 11) is 3.10. The first kappa shape index (κ1) is 40.1. The zero-order valence-electron chi connectivity index (χ0n) is 26.2. The number of nitrogens with two attached hydrogens (primary N) is 3. The Morgan fingerprint density at radius 3 is 1.98 bits per heavy atom. The van der Waals surface area contributed by atoms with Crippen molar-refractivity contribution >= 4 is 41.5 Å². The number of amidine groups is 1. The minimum atomic E-state index is -5.08. The van der Waals surface area contributed by atoms with Crippen molar-refractivity contribution in [1.82, 2.24) is 15.5 Å². The molecule has 0 bridgehead atoms. The van der Waals surface area contributed by atoms with Crippen molar-refractivity contribution in [1.29, 1.82) is 5.41 Å². The maximum absolute atomic E-state index is 13.6. The zero-order valence-corrected chi connectivity index (χ0v) is 26.2. The third-order valence-electron chi connectivity index (χ3n) is 7.26. The van der Waals surface area contributed by atoms with Gasteiger partial charge in [-0.1, -0.05) is 43.5 Å². The van der Waals surface area contributed by atoms with E-state index >= 15 is 0 Å². The molecule has 0 saturated heterocycles. The van der Waals surface area contributed by atoms with E-state index in [9.17, 15) is 37.5 Å². The molecule has 15 nitrogen and oxygen atoms in total. The van der Waals surface area contributed by atoms with Gasteiger partial charge in [0, 0.05) is 26.2 Å². The first-order valence-corrected chi connectivity index (χ1v) is 14.7. The predicted molar refractivity (Wildman–Crippen MR) is 165 cm³/mol. The van der Waals surface area contributed by atoms with E-state index in [1.807, 2.05) is 0 Å². The van der Waals surface area contributed by atoms with Gasteiger partial charge in [0.1, 0.15) is 23.8 Å². The number of hydrogen-bond acceptors (Lipinski definition) is 7. The highest BCUT2D eigenvalue weighted by Gasteiger charge is 2.38. The third-order valence-corrected chi connectivity index (χ3v) is 7.26. The maximum Gasteiger partial charge on any atom is 0.490 e. The van der Waals surface area contributed by atoms with Crippen LogP contribution in [0.5, 0.6) is 0 Å². The highest BCUT2D eigenvalue weighted by atomic mass is 19.4. The smallest absolute Gasteiger partial charge is 0.480 e. The molecule has 1 unspecified atom stereocenters. The quantitative estimate of drug-likeness (QED) is 0.0588. The molecule has 1 aliphatic rings. The van der Waals surface area contributed by atoms with E-state index in [2.05, 4.69) is 15.6 Å². The number of carboxylic acid groups (broad SMARTS) is 2. The van der Waals surface area contributed by atoms with Crippen molar-refractivity contribution in [3.63, 3.8) is 0 Å². The number of nitrogen functional groups attached to an aromatic ring is 1. The molecule has 1 aromatic carbocycles. The summed E-state index contributed by atoms with van der Waals surface area (Å²) in [4.78, 5) is 66.0. The van der Waals surface area contributed by atoms with E-state index in [1.54, 1.807) is 38.4 Å². The lowest BCUT2D eigenvalue weighted by Crippen LogP contribution is -2.57. The summed E-state index contributed by atoms with van der Waals surface area (Å²) >= 11 is 0. The Morgan fingerprint density at radius 2 is 1.53 bits per heavy atom. The molecule has 3 amide bonds. The number of carbonyl (C=O) groups excluding carboxylic acids is 3. The number of halogens is 3. The minimum absolute atomic E-state index is 0.0720. The highest BCUT2D eigenvalue weighted by Crippen LogP contribution is 2.27. The molecule has 1 saturated carbocycles. The lowest BCUT2D eigenvalue weighted by molar-refractivity contribution is -0.192. The molecule has 1 aromatic rings. The molecule has 0 heterocycles. The van der Waals surface area contributed by atoms with Crippen LogP contribution < -0.4 is 27.8 Å². The van der Waals surface area contributed by atoms with Crippen molar-refractivity contribution in [3.05, 3.63) is 35.4 Å². The minimum Gasteiger partial charge on any atom is -0.480 e. The number of carboxylic acids is 2. The van der Waals surface area contributed by atoms with Gasteiger partial charge in [-0.25, -0.2) is 9.59 Å². The monoisotopic (exact) mass is 672 g/mol. The van der Waals surface area contributed by atoms with Gasteiger partial charge in [0.15, 0.2) is 5.96 Å². The van der Waals surface area contributed by atoms with E-state index in [1.165, 1.54) is 4.90 Å². The van der Waals surface area contributed by atoms with Crippen LogP contribution in [0.2, 0.25) is 0 Å². The number of hydrogen-bond donors (Lipinski definition) is 8. The Balaban J connectivity index is 0.00000141. The van der Waals surface area contributed by atoms with Crippen LogP contribution in [0, 0.1) is 17.2 Å². The van der Waals surface area contributed by atoms with Crippen LogP contribution in [0.1, 0.15) is 56.1 Å². The normalized spacial score (nSPS) is 15.0. The third kappa shape index (κ3) is 14.4. The second-order valence-corrected chi connectivity index (χ2v) is 11.1. The number of benzene rings is 1. The van der Waals surface area contributed by atoms with Crippen LogP contribution in [0.3, 0.4) is 0 Å². The van der Waals surface area contributed by atoms with Crippen LogP contribution in [-0.4, -0.2) is 95.5 Å². The molecule has 262 valence electrons. The standard InChI is InChI=1S/C27H42N8O5.C2HF3O2/c1-35(2)25(38)19(15-16-10-12-18(13-11-16)22(28)29)23(36)34-21(17-7-4-3-5-8-17)24(37)33-20(26(39)40)9-6-14-32-27(30)31;3-2(4,5)1(6)7/h10-13,17,19-21H,3-9,14-15H2,1-2H3,(H3,28,29)(H,33,37)(H,34,36)(H,39,40)(H4,30,31,32);(H,6,7)/t19?,20-,21-;/m0./s1. The van der Waals surface area contributed by atoms with E-state index in [4.69, 9.17) is 32.5 Å². The van der Waals surface area contributed by atoms with Crippen molar-refractivity contribution < 1.29 is 47.4 Å². The van der Waals surface area contributed by atoms with Crippen LogP contribution >= 0.6 is 0 Å². The molecular formula is C29H43F3N8O7. The van der Waals surface area contributed by atoms with Gasteiger partial charge in [0.2, 0.25) is 17.7 Å². The number of amides is 3. The van der Waals surface area contributed by atoms with E-state index < -0.39 is 53.8 Å². The first-order valence-electron chi connectivity index (χ1n) is 14.7. The summed E-state index contributed by atoms with van der Waals surface area (Å²) in [6, 6.07) is 4.50. The van der Waals surface area contributed by atoms with E-state index in [0.717, 1.165) is 19.3 Å². The number of carbonyl (C=O) groups is 5. The summed E-state index contributed by atoms with van der Waals surface area (Å²) < 4.78 is 31.7. The Bertz CT molecular complexity index is 1280. The zero-order chi connectivity index (χ0) is 35.9. The number of alkyl halides is 3. The predicted octanol–water partition coefficient (Wildman–Crippen LogP) is 0.539. The molecule has 1 aliphatic carbocycles. The molecule has 0 aromatic heterocycles. The summed E-state index contributed by atoms with van der Waals surface area (Å²) in [6.45, 7) is 0.215. The van der Waals surface area contributed by atoms with Gasteiger partial charge >= 0.3 is 18.1 Å². The van der Waals surface area contributed by atoms with Crippen LogP contribution in [-0.2, 0) is 30.4 Å². The number of aliphatic imine (C=N–C) groups is 1. The first-order chi connectivity index (χ1) is 21.8. The van der Waals surface area contributed by atoms with Crippen molar-refractivity contribution in [2.75, 3.05) is 20.6 Å². The molecule has 0 aliphatic heterocycles. The summed E-state index contributed by atoms with van der Waals surface area (Å²) in [5.74, 6) is -7.12. The molecule has 11 N–H and O–H groups in total. The molecule has 0 radical (unpaired) electrons. The molecule has 3 atom stereocenters. The summed E-state index contributed by atoms with van der Waals surface area (Å²) in [6.07, 6.45) is -0.416. The lowest BCUT2D eigenvalue weighted by atomic mass is 9.83. The average molecular weight is 673 g/mol. The van der Waals surface area contributed by atoms with Gasteiger partial charge in [0.05, 0.1) is 0 Å². The Labute approximate surface area is 269 Å². The van der Waals surface area contributed by atoms with Gasteiger partial charge in [-0.15, -0.1) is 0 Å². The fourth-order valence-corrected chi connectivity index (χ4v) is 4.80. The number of nitrogens with one attached hydrogen (secondary N) is 3. The van der Waals surface area contributed by atoms with Crippen LogP contribution in [0.4, 0.5) is 13.2 Å². The molecule has 18 heteroatoms. The molecular weight excluding hydrogens is 629 g/mol. The lowest BCUT2D eigenvalue weighted by Gasteiger charge is -2.32. The molecule has 2 rings (SSSR count). The van der Waals surface area contributed by atoms with Gasteiger partial charge in [-0.05, 0) is 43.6 Å². The second-order valence-electron chi connectivity index (χ2n) is 11.1. The van der Waals surface area contributed by atoms with Gasteiger partial charge < -0.3 is 42.9 Å². The number of guanidine groups is 1. The van der Waals surface area contributed by atoms with Gasteiger partial charge in [-0.2, -0.15) is 13.2 Å². The highest BCUT2D eigenvalue weighted by molar-refractivity contribution is 6.02. The average Bonchev–Trinajstić information content (AvgIpc) is 2.99. The number of nitrogens with zero attached hydrogens (tertiary/aromatic N) is 2. The summed E-state index contributed by atoms with van der Waals surface area (Å²) in [5.41, 5.74) is 17.3. The van der Waals surface area contributed by atoms with E-state index in [0.29, 0.717) is 30.4 Å². The molecule has 0 spiro atoms.